The van der Waals surface area contributed by atoms with E-state index in [4.69, 9.17) is 9.84 Å². The lowest BCUT2D eigenvalue weighted by atomic mass is 10.1. The fourth-order valence-corrected chi connectivity index (χ4v) is 1.66. The van der Waals surface area contributed by atoms with E-state index >= 15 is 0 Å². The van der Waals surface area contributed by atoms with Crippen molar-refractivity contribution < 1.29 is 29.0 Å². The summed E-state index contributed by atoms with van der Waals surface area (Å²) in [7, 11) is 2.66. The summed E-state index contributed by atoms with van der Waals surface area (Å²) in [6, 6.07) is 5.55. The molecule has 1 atom stereocenters. The van der Waals surface area contributed by atoms with Crippen molar-refractivity contribution in [1.82, 2.24) is 5.32 Å². The number of ether oxygens (including phenoxy) is 2. The van der Waals surface area contributed by atoms with E-state index in [0.717, 1.165) is 7.11 Å². The molecule has 0 heterocycles. The van der Waals surface area contributed by atoms with Crippen molar-refractivity contribution >= 4 is 17.8 Å². The van der Waals surface area contributed by atoms with Crippen LogP contribution in [0.2, 0.25) is 0 Å². The van der Waals surface area contributed by atoms with Crippen LogP contribution in [-0.4, -0.2) is 43.2 Å². The van der Waals surface area contributed by atoms with E-state index in [1.807, 2.05) is 0 Å². The number of amides is 1. The van der Waals surface area contributed by atoms with Crippen LogP contribution in [0.15, 0.2) is 24.3 Å². The van der Waals surface area contributed by atoms with Crippen LogP contribution < -0.4 is 10.1 Å². The molecular weight excluding hydrogens is 278 g/mol. The van der Waals surface area contributed by atoms with Gasteiger partial charge in [-0.25, -0.2) is 4.79 Å². The predicted octanol–water partition coefficient (Wildman–Crippen LogP) is 0.370. The van der Waals surface area contributed by atoms with Crippen LogP contribution in [-0.2, 0) is 25.5 Å². The zero-order valence-corrected chi connectivity index (χ0v) is 11.8. The van der Waals surface area contributed by atoms with Crippen molar-refractivity contribution in [2.24, 2.45) is 0 Å². The first-order valence-electron chi connectivity index (χ1n) is 6.18. The first kappa shape index (κ1) is 16.5. The van der Waals surface area contributed by atoms with Gasteiger partial charge in [-0.3, -0.25) is 9.59 Å². The zero-order chi connectivity index (χ0) is 15.8. The minimum absolute atomic E-state index is 0.0118. The number of carbonyl (C=O) groups is 3. The fraction of sp³-hybridized carbons (Fsp3) is 0.357. The first-order valence-corrected chi connectivity index (χ1v) is 6.18. The maximum Gasteiger partial charge on any atom is 0.326 e. The van der Waals surface area contributed by atoms with Crippen LogP contribution in [0.1, 0.15) is 12.0 Å². The highest BCUT2D eigenvalue weighted by Gasteiger charge is 2.23. The highest BCUT2D eigenvalue weighted by atomic mass is 16.5. The molecule has 1 aromatic rings. The molecule has 7 nitrogen and oxygen atoms in total. The molecule has 0 saturated heterocycles. The van der Waals surface area contributed by atoms with E-state index in [9.17, 15) is 14.4 Å². The molecule has 21 heavy (non-hydrogen) atoms. The summed E-state index contributed by atoms with van der Waals surface area (Å²) in [4.78, 5) is 33.9. The van der Waals surface area contributed by atoms with Gasteiger partial charge in [0.05, 0.1) is 27.1 Å². The topological polar surface area (TPSA) is 102 Å². The van der Waals surface area contributed by atoms with E-state index < -0.39 is 30.3 Å². The van der Waals surface area contributed by atoms with Gasteiger partial charge >= 0.3 is 11.9 Å². The van der Waals surface area contributed by atoms with Crippen LogP contribution in [0.5, 0.6) is 5.75 Å². The first-order chi connectivity index (χ1) is 9.96. The summed E-state index contributed by atoms with van der Waals surface area (Å²) in [6.07, 6.45) is -0.433. The summed E-state index contributed by atoms with van der Waals surface area (Å²) in [5.41, 5.74) is 0.675. The summed E-state index contributed by atoms with van der Waals surface area (Å²) >= 11 is 0. The quantitative estimate of drug-likeness (QED) is 0.705. The van der Waals surface area contributed by atoms with Crippen molar-refractivity contribution in [2.75, 3.05) is 14.2 Å². The van der Waals surface area contributed by atoms with E-state index in [2.05, 4.69) is 10.1 Å². The third-order valence-electron chi connectivity index (χ3n) is 2.73. The molecule has 0 bridgehead atoms. The van der Waals surface area contributed by atoms with Gasteiger partial charge in [0.1, 0.15) is 11.8 Å². The number of carboxylic acid groups (broad SMARTS) is 1. The lowest BCUT2D eigenvalue weighted by Gasteiger charge is -2.13. The number of carbonyl (C=O) groups excluding carboxylic acids is 2. The molecule has 0 aliphatic rings. The highest BCUT2D eigenvalue weighted by Crippen LogP contribution is 2.13. The molecule has 0 aliphatic heterocycles. The van der Waals surface area contributed by atoms with Crippen molar-refractivity contribution in [2.45, 2.75) is 18.9 Å². The normalized spacial score (nSPS) is 11.3. The Kier molecular flexibility index (Phi) is 6.19. The molecular formula is C14H17NO6. The molecule has 2 N–H and O–H groups in total. The second-order valence-electron chi connectivity index (χ2n) is 4.27. The molecule has 0 fully saturated rings. The minimum Gasteiger partial charge on any atom is -0.497 e. The van der Waals surface area contributed by atoms with E-state index in [0.29, 0.717) is 11.3 Å². The second kappa shape index (κ2) is 7.88. The number of aliphatic carboxylic acids is 1. The average Bonchev–Trinajstić information content (AvgIpc) is 2.46. The van der Waals surface area contributed by atoms with Gasteiger partial charge < -0.3 is 19.9 Å². The van der Waals surface area contributed by atoms with Crippen molar-refractivity contribution in [3.8, 4) is 5.75 Å². The van der Waals surface area contributed by atoms with E-state index in [-0.39, 0.29) is 6.42 Å². The number of hydrogen-bond acceptors (Lipinski definition) is 5. The number of hydrogen-bond donors (Lipinski definition) is 2. The maximum absolute atomic E-state index is 11.8. The van der Waals surface area contributed by atoms with Gasteiger partial charge in [-0.1, -0.05) is 12.1 Å². The van der Waals surface area contributed by atoms with Gasteiger partial charge in [-0.15, -0.1) is 0 Å². The third-order valence-corrected chi connectivity index (χ3v) is 2.73. The number of carboxylic acids is 1. The second-order valence-corrected chi connectivity index (χ2v) is 4.27. The monoisotopic (exact) mass is 295 g/mol. The summed E-state index contributed by atoms with van der Waals surface area (Å²) in [5.74, 6) is -1.90. The number of rotatable bonds is 7. The zero-order valence-electron chi connectivity index (χ0n) is 11.8. The predicted molar refractivity (Wildman–Crippen MR) is 72.9 cm³/mol. The van der Waals surface area contributed by atoms with Crippen LogP contribution >= 0.6 is 0 Å². The molecule has 0 unspecified atom stereocenters. The lowest BCUT2D eigenvalue weighted by molar-refractivity contribution is -0.148. The number of nitrogens with one attached hydrogen (secondary N) is 1. The van der Waals surface area contributed by atoms with Gasteiger partial charge in [-0.05, 0) is 17.7 Å². The van der Waals surface area contributed by atoms with Crippen LogP contribution in [0.3, 0.4) is 0 Å². The highest BCUT2D eigenvalue weighted by molar-refractivity contribution is 5.88. The Hall–Kier alpha value is -2.57. The molecule has 1 amide bonds. The van der Waals surface area contributed by atoms with Gasteiger partial charge in [-0.2, -0.15) is 0 Å². The van der Waals surface area contributed by atoms with Crippen molar-refractivity contribution in [1.29, 1.82) is 0 Å². The van der Waals surface area contributed by atoms with Crippen LogP contribution in [0.4, 0.5) is 0 Å². The van der Waals surface area contributed by atoms with E-state index in [1.165, 1.54) is 7.11 Å². The fourth-order valence-electron chi connectivity index (χ4n) is 1.66. The van der Waals surface area contributed by atoms with Gasteiger partial charge in [0.2, 0.25) is 5.91 Å². The number of benzene rings is 1. The van der Waals surface area contributed by atoms with Crippen molar-refractivity contribution in [3.63, 3.8) is 0 Å². The Bertz CT molecular complexity index is 528. The molecule has 0 saturated carbocycles. The molecule has 114 valence electrons. The maximum atomic E-state index is 11.8. The largest absolute Gasteiger partial charge is 0.497 e. The molecule has 7 heteroatoms. The molecule has 0 spiro atoms. The smallest absolute Gasteiger partial charge is 0.326 e. The SMILES string of the molecule is COC(=O)C[C@H](NC(=O)Cc1cccc(OC)c1)C(=O)O. The Morgan fingerprint density at radius 3 is 2.57 bits per heavy atom. The minimum atomic E-state index is -1.31. The van der Waals surface area contributed by atoms with Gasteiger partial charge in [0, 0.05) is 0 Å². The average molecular weight is 295 g/mol. The summed E-state index contributed by atoms with van der Waals surface area (Å²) < 4.78 is 9.43. The van der Waals surface area contributed by atoms with E-state index in [1.54, 1.807) is 24.3 Å². The number of methoxy groups -OCH3 is 2. The molecule has 0 aliphatic carbocycles. The summed E-state index contributed by atoms with van der Waals surface area (Å²) in [5, 5.41) is 11.3. The van der Waals surface area contributed by atoms with Crippen LogP contribution in [0.25, 0.3) is 0 Å². The Morgan fingerprint density at radius 1 is 1.29 bits per heavy atom. The molecule has 0 aromatic heterocycles. The molecule has 0 radical (unpaired) electrons. The lowest BCUT2D eigenvalue weighted by Crippen LogP contribution is -2.43. The Morgan fingerprint density at radius 2 is 2.00 bits per heavy atom. The summed E-state index contributed by atoms with van der Waals surface area (Å²) in [6.45, 7) is 0. The Balaban J connectivity index is 2.65. The standard InChI is InChI=1S/C14H17NO6/c1-20-10-5-3-4-9(6-10)7-12(16)15-11(14(18)19)8-13(17)21-2/h3-6,11H,7-8H2,1-2H3,(H,15,16)(H,18,19)/t11-/m0/s1. The third kappa shape index (κ3) is 5.52. The Labute approximate surface area is 121 Å². The van der Waals surface area contributed by atoms with Gasteiger partial charge in [0.15, 0.2) is 0 Å². The number of esters is 1. The van der Waals surface area contributed by atoms with Crippen LogP contribution in [0, 0.1) is 0 Å². The van der Waals surface area contributed by atoms with Crippen molar-refractivity contribution in [3.05, 3.63) is 29.8 Å². The molecule has 1 rings (SSSR count). The van der Waals surface area contributed by atoms with Gasteiger partial charge in [0.25, 0.3) is 0 Å². The molecule has 1 aromatic carbocycles.